The summed E-state index contributed by atoms with van der Waals surface area (Å²) in [5, 5.41) is 9.96. The van der Waals surface area contributed by atoms with Gasteiger partial charge in [0.25, 0.3) is 5.92 Å². The van der Waals surface area contributed by atoms with Crippen LogP contribution in [0.4, 0.5) is 27.6 Å². The minimum absolute atomic E-state index is 0.0483. The molecule has 1 N–H and O–H groups in total. The molecule has 1 aliphatic carbocycles. The van der Waals surface area contributed by atoms with Gasteiger partial charge in [0.1, 0.15) is 11.3 Å². The van der Waals surface area contributed by atoms with Crippen molar-refractivity contribution in [2.24, 2.45) is 11.8 Å². The number of carbonyl (C=O) groups is 2. The first-order valence-corrected chi connectivity index (χ1v) is 13.7. The molecule has 7 nitrogen and oxygen atoms in total. The standard InChI is InChI=1S/C29H34F5N3O4/c1-17(2)37(26(38)20-6-4-18(3)5-7-20)24-9-8-21(13-22(24)27(39)40)41-25-23(29(32,33)34)12-19(14-35-25)15-36-11-10-28(30,31)16-36/h8-9,12-14,17-18,20H,4-7,10-11,15-16H2,1-3H3,(H,39,40). The summed E-state index contributed by atoms with van der Waals surface area (Å²) in [6.07, 6.45) is -0.907. The van der Waals surface area contributed by atoms with Crippen molar-refractivity contribution in [2.45, 2.75) is 77.6 Å². The number of benzene rings is 1. The molecule has 41 heavy (non-hydrogen) atoms. The van der Waals surface area contributed by atoms with Gasteiger partial charge in [0, 0.05) is 37.7 Å². The minimum Gasteiger partial charge on any atom is -0.478 e. The van der Waals surface area contributed by atoms with Crippen molar-refractivity contribution in [3.63, 3.8) is 0 Å². The number of pyridine rings is 1. The van der Waals surface area contributed by atoms with Gasteiger partial charge < -0.3 is 14.7 Å². The predicted octanol–water partition coefficient (Wildman–Crippen LogP) is 7.00. The number of carboxylic acid groups (broad SMARTS) is 1. The Morgan fingerprint density at radius 2 is 1.85 bits per heavy atom. The molecule has 1 saturated heterocycles. The predicted molar refractivity (Wildman–Crippen MR) is 141 cm³/mol. The summed E-state index contributed by atoms with van der Waals surface area (Å²) >= 11 is 0. The zero-order valence-electron chi connectivity index (χ0n) is 23.2. The quantitative estimate of drug-likeness (QED) is 0.337. The number of rotatable bonds is 8. The smallest absolute Gasteiger partial charge is 0.421 e. The van der Waals surface area contributed by atoms with Gasteiger partial charge in [-0.2, -0.15) is 13.2 Å². The van der Waals surface area contributed by atoms with Crippen molar-refractivity contribution in [3.8, 4) is 11.6 Å². The van der Waals surface area contributed by atoms with Crippen LogP contribution in [0.25, 0.3) is 0 Å². The summed E-state index contributed by atoms with van der Waals surface area (Å²) in [6, 6.07) is 4.17. The molecule has 1 saturated carbocycles. The molecule has 0 unspecified atom stereocenters. The van der Waals surface area contributed by atoms with E-state index in [1.807, 2.05) is 0 Å². The van der Waals surface area contributed by atoms with E-state index in [9.17, 15) is 36.6 Å². The van der Waals surface area contributed by atoms with Crippen LogP contribution < -0.4 is 9.64 Å². The number of aromatic nitrogens is 1. The third kappa shape index (κ3) is 7.33. The number of aromatic carboxylic acids is 1. The summed E-state index contributed by atoms with van der Waals surface area (Å²) in [5.74, 6) is -5.17. The van der Waals surface area contributed by atoms with Crippen LogP contribution in [0.2, 0.25) is 0 Å². The molecule has 2 aromatic rings. The topological polar surface area (TPSA) is 83.0 Å². The molecule has 0 bridgehead atoms. The number of ether oxygens (including phenoxy) is 1. The van der Waals surface area contributed by atoms with E-state index in [2.05, 4.69) is 11.9 Å². The van der Waals surface area contributed by atoms with Crippen LogP contribution in [0, 0.1) is 11.8 Å². The van der Waals surface area contributed by atoms with Gasteiger partial charge in [0.2, 0.25) is 11.8 Å². The molecule has 12 heteroatoms. The first kappa shape index (κ1) is 30.7. The van der Waals surface area contributed by atoms with Crippen LogP contribution in [-0.2, 0) is 17.5 Å². The fourth-order valence-corrected chi connectivity index (χ4v) is 5.49. The largest absolute Gasteiger partial charge is 0.478 e. The van der Waals surface area contributed by atoms with Gasteiger partial charge in [-0.15, -0.1) is 0 Å². The fourth-order valence-electron chi connectivity index (χ4n) is 5.49. The molecule has 0 atom stereocenters. The van der Waals surface area contributed by atoms with E-state index in [1.165, 1.54) is 21.9 Å². The van der Waals surface area contributed by atoms with Crippen molar-refractivity contribution in [1.29, 1.82) is 0 Å². The zero-order valence-corrected chi connectivity index (χ0v) is 23.2. The highest BCUT2D eigenvalue weighted by atomic mass is 19.4. The molecular formula is C29H34F5N3O4. The van der Waals surface area contributed by atoms with Crippen molar-refractivity contribution in [2.75, 3.05) is 18.0 Å². The van der Waals surface area contributed by atoms with E-state index in [1.54, 1.807) is 13.8 Å². The summed E-state index contributed by atoms with van der Waals surface area (Å²) in [5.41, 5.74) is -1.29. The Morgan fingerprint density at radius 3 is 2.41 bits per heavy atom. The average molecular weight is 584 g/mol. The molecule has 224 valence electrons. The Hall–Kier alpha value is -3.28. The first-order chi connectivity index (χ1) is 19.1. The second-order valence-electron chi connectivity index (χ2n) is 11.4. The van der Waals surface area contributed by atoms with Crippen LogP contribution in [0.15, 0.2) is 30.5 Å². The number of anilines is 1. The van der Waals surface area contributed by atoms with Gasteiger partial charge in [-0.3, -0.25) is 9.69 Å². The molecule has 1 aromatic heterocycles. The molecule has 1 aliphatic heterocycles. The van der Waals surface area contributed by atoms with E-state index in [0.717, 1.165) is 31.2 Å². The maximum Gasteiger partial charge on any atom is 0.421 e. The van der Waals surface area contributed by atoms with Gasteiger partial charge >= 0.3 is 12.1 Å². The van der Waals surface area contributed by atoms with Gasteiger partial charge in [0.15, 0.2) is 0 Å². The lowest BCUT2D eigenvalue weighted by atomic mass is 9.82. The number of halogens is 5. The molecule has 0 radical (unpaired) electrons. The number of nitrogens with zero attached hydrogens (tertiary/aromatic N) is 3. The molecule has 1 amide bonds. The monoisotopic (exact) mass is 583 g/mol. The average Bonchev–Trinajstić information content (AvgIpc) is 3.23. The SMILES string of the molecule is CC1CCC(C(=O)N(c2ccc(Oc3ncc(CN4CCC(F)(F)C4)cc3C(F)(F)F)cc2C(=O)O)C(C)C)CC1. The number of carbonyl (C=O) groups excluding carboxylic acids is 1. The number of carboxylic acids is 1. The normalized spacial score (nSPS) is 21.2. The van der Waals surface area contributed by atoms with Gasteiger partial charge in [0.05, 0.1) is 17.8 Å². The first-order valence-electron chi connectivity index (χ1n) is 13.7. The van der Waals surface area contributed by atoms with Crippen molar-refractivity contribution < 1.29 is 41.4 Å². The minimum atomic E-state index is -4.87. The maximum atomic E-state index is 13.9. The zero-order chi connectivity index (χ0) is 30.1. The molecule has 2 fully saturated rings. The number of hydrogen-bond donors (Lipinski definition) is 1. The molecule has 2 aliphatic rings. The Kier molecular flexibility index (Phi) is 8.91. The molecule has 4 rings (SSSR count). The highest BCUT2D eigenvalue weighted by Crippen LogP contribution is 2.39. The summed E-state index contributed by atoms with van der Waals surface area (Å²) in [7, 11) is 0. The lowest BCUT2D eigenvalue weighted by Crippen LogP contribution is -2.42. The number of amides is 1. The second kappa shape index (κ2) is 11.9. The van der Waals surface area contributed by atoms with E-state index in [4.69, 9.17) is 4.74 Å². The summed E-state index contributed by atoms with van der Waals surface area (Å²) in [4.78, 5) is 32.3. The van der Waals surface area contributed by atoms with E-state index >= 15 is 0 Å². The Balaban J connectivity index is 1.61. The molecule has 1 aromatic carbocycles. The molecule has 0 spiro atoms. The third-order valence-corrected chi connectivity index (χ3v) is 7.66. The van der Waals surface area contributed by atoms with E-state index in [-0.39, 0.29) is 59.9 Å². The van der Waals surface area contributed by atoms with Gasteiger partial charge in [-0.05, 0) is 75.3 Å². The Bertz CT molecular complexity index is 1280. The van der Waals surface area contributed by atoms with E-state index < -0.39 is 36.1 Å². The summed E-state index contributed by atoms with van der Waals surface area (Å²) in [6.45, 7) is 5.03. The third-order valence-electron chi connectivity index (χ3n) is 7.66. The fraction of sp³-hybridized carbons (Fsp3) is 0.552. The highest BCUT2D eigenvalue weighted by molar-refractivity contribution is 6.03. The number of hydrogen-bond acceptors (Lipinski definition) is 5. The highest BCUT2D eigenvalue weighted by Gasteiger charge is 2.39. The van der Waals surface area contributed by atoms with Crippen LogP contribution in [0.5, 0.6) is 11.6 Å². The number of likely N-dealkylation sites (tertiary alicyclic amines) is 1. The lowest BCUT2D eigenvalue weighted by Gasteiger charge is -2.34. The van der Waals surface area contributed by atoms with Gasteiger partial charge in [-0.1, -0.05) is 6.92 Å². The molecule has 2 heterocycles. The maximum absolute atomic E-state index is 13.9. The van der Waals surface area contributed by atoms with E-state index in [0.29, 0.717) is 18.8 Å². The van der Waals surface area contributed by atoms with Crippen molar-refractivity contribution >= 4 is 17.6 Å². The number of alkyl halides is 5. The van der Waals surface area contributed by atoms with Gasteiger partial charge in [-0.25, -0.2) is 18.6 Å². The lowest BCUT2D eigenvalue weighted by molar-refractivity contribution is -0.139. The Labute approximate surface area is 235 Å². The van der Waals surface area contributed by atoms with Crippen LogP contribution >= 0.6 is 0 Å². The Morgan fingerprint density at radius 1 is 1.17 bits per heavy atom. The van der Waals surface area contributed by atoms with Crippen LogP contribution in [-0.4, -0.2) is 51.9 Å². The van der Waals surface area contributed by atoms with Crippen LogP contribution in [0.3, 0.4) is 0 Å². The summed E-state index contributed by atoms with van der Waals surface area (Å²) < 4.78 is 74.3. The second-order valence-corrected chi connectivity index (χ2v) is 11.4. The molecular weight excluding hydrogens is 549 g/mol. The van der Waals surface area contributed by atoms with Crippen LogP contribution in [0.1, 0.15) is 74.4 Å². The van der Waals surface area contributed by atoms with Crippen molar-refractivity contribution in [3.05, 3.63) is 47.2 Å². The van der Waals surface area contributed by atoms with Crippen molar-refractivity contribution in [1.82, 2.24) is 9.88 Å².